The van der Waals surface area contributed by atoms with Crippen LogP contribution in [-0.4, -0.2) is 34.4 Å². The molecule has 3 rings (SSSR count). The van der Waals surface area contributed by atoms with Crippen molar-refractivity contribution in [3.63, 3.8) is 0 Å². The standard InChI is InChI=1S/C15H22N2O2/c1-2-12-5-10(9-18)6-15(16-12)17-7-11-3-4-14(19)13(11)8-17/h5-6,11,13-14,18-19H,2-4,7-9H2,1H3. The Hall–Kier alpha value is -1.13. The number of pyridine rings is 1. The minimum atomic E-state index is -0.137. The zero-order chi connectivity index (χ0) is 13.4. The first kappa shape index (κ1) is 12.9. The van der Waals surface area contributed by atoms with Crippen LogP contribution >= 0.6 is 0 Å². The lowest BCUT2D eigenvalue weighted by molar-refractivity contribution is 0.133. The van der Waals surface area contributed by atoms with Gasteiger partial charge in [0.25, 0.3) is 0 Å². The van der Waals surface area contributed by atoms with Gasteiger partial charge >= 0.3 is 0 Å². The zero-order valence-electron chi connectivity index (χ0n) is 11.4. The summed E-state index contributed by atoms with van der Waals surface area (Å²) < 4.78 is 0. The van der Waals surface area contributed by atoms with Crippen molar-refractivity contribution >= 4 is 5.82 Å². The van der Waals surface area contributed by atoms with Crippen LogP contribution in [0.5, 0.6) is 0 Å². The van der Waals surface area contributed by atoms with Gasteiger partial charge in [0.2, 0.25) is 0 Å². The predicted octanol–water partition coefficient (Wildman–Crippen LogP) is 1.34. The summed E-state index contributed by atoms with van der Waals surface area (Å²) in [6.07, 6.45) is 2.82. The highest BCUT2D eigenvalue weighted by Crippen LogP contribution is 2.39. The van der Waals surface area contributed by atoms with Crippen LogP contribution in [0, 0.1) is 11.8 Å². The molecule has 2 N–H and O–H groups in total. The van der Waals surface area contributed by atoms with E-state index < -0.39 is 0 Å². The fourth-order valence-electron chi connectivity index (χ4n) is 3.49. The number of fused-ring (bicyclic) bond motifs is 1. The van der Waals surface area contributed by atoms with Crippen molar-refractivity contribution in [1.29, 1.82) is 0 Å². The van der Waals surface area contributed by atoms with Gasteiger partial charge in [0, 0.05) is 24.7 Å². The second-order valence-corrected chi connectivity index (χ2v) is 5.81. The molecule has 104 valence electrons. The molecule has 1 aromatic heterocycles. The number of hydrogen-bond donors (Lipinski definition) is 2. The lowest BCUT2D eigenvalue weighted by atomic mass is 10.00. The summed E-state index contributed by atoms with van der Waals surface area (Å²) >= 11 is 0. The number of aromatic nitrogens is 1. The molecule has 0 bridgehead atoms. The number of nitrogens with zero attached hydrogens (tertiary/aromatic N) is 2. The molecule has 4 heteroatoms. The maximum Gasteiger partial charge on any atom is 0.129 e. The van der Waals surface area contributed by atoms with E-state index in [1.807, 2.05) is 12.1 Å². The van der Waals surface area contributed by atoms with Crippen LogP contribution in [0.4, 0.5) is 5.82 Å². The Morgan fingerprint density at radius 3 is 2.84 bits per heavy atom. The van der Waals surface area contributed by atoms with Crippen LogP contribution in [0.25, 0.3) is 0 Å². The first-order valence-electron chi connectivity index (χ1n) is 7.25. The van der Waals surface area contributed by atoms with Crippen LogP contribution < -0.4 is 4.90 Å². The number of hydrogen-bond acceptors (Lipinski definition) is 4. The second kappa shape index (κ2) is 5.10. The molecule has 1 aliphatic carbocycles. The number of aryl methyl sites for hydroxylation is 1. The molecule has 1 saturated heterocycles. The van der Waals surface area contributed by atoms with E-state index in [9.17, 15) is 10.2 Å². The maximum atomic E-state index is 9.98. The third-order valence-corrected chi connectivity index (χ3v) is 4.61. The SMILES string of the molecule is CCc1cc(CO)cc(N2CC3CCC(O)C3C2)n1. The molecule has 2 fully saturated rings. The topological polar surface area (TPSA) is 56.6 Å². The van der Waals surface area contributed by atoms with E-state index in [4.69, 9.17) is 0 Å². The van der Waals surface area contributed by atoms with Crippen LogP contribution in [0.3, 0.4) is 0 Å². The predicted molar refractivity (Wildman–Crippen MR) is 74.0 cm³/mol. The molecule has 19 heavy (non-hydrogen) atoms. The molecule has 1 saturated carbocycles. The second-order valence-electron chi connectivity index (χ2n) is 5.81. The van der Waals surface area contributed by atoms with Crippen molar-refractivity contribution < 1.29 is 10.2 Å². The van der Waals surface area contributed by atoms with Crippen molar-refractivity contribution in [1.82, 2.24) is 4.98 Å². The third-order valence-electron chi connectivity index (χ3n) is 4.61. The fourth-order valence-corrected chi connectivity index (χ4v) is 3.49. The average molecular weight is 262 g/mol. The van der Waals surface area contributed by atoms with Gasteiger partial charge in [0.1, 0.15) is 5.82 Å². The first-order valence-corrected chi connectivity index (χ1v) is 7.25. The fraction of sp³-hybridized carbons (Fsp3) is 0.667. The van der Waals surface area contributed by atoms with E-state index in [0.717, 1.165) is 49.4 Å². The molecule has 0 amide bonds. The van der Waals surface area contributed by atoms with Gasteiger partial charge in [-0.3, -0.25) is 0 Å². The van der Waals surface area contributed by atoms with Gasteiger partial charge in [0.05, 0.1) is 12.7 Å². The van der Waals surface area contributed by atoms with Crippen LogP contribution in [0.1, 0.15) is 31.0 Å². The number of aliphatic hydroxyl groups is 2. The Morgan fingerprint density at radius 2 is 2.16 bits per heavy atom. The molecule has 1 aliphatic heterocycles. The largest absolute Gasteiger partial charge is 0.393 e. The summed E-state index contributed by atoms with van der Waals surface area (Å²) in [6.45, 7) is 4.03. The smallest absolute Gasteiger partial charge is 0.129 e. The Kier molecular flexibility index (Phi) is 3.46. The molecule has 3 unspecified atom stereocenters. The van der Waals surface area contributed by atoms with Crippen LogP contribution in [-0.2, 0) is 13.0 Å². The van der Waals surface area contributed by atoms with Crippen molar-refractivity contribution in [3.05, 3.63) is 23.4 Å². The molecule has 4 nitrogen and oxygen atoms in total. The molecule has 2 aliphatic rings. The average Bonchev–Trinajstić information content (AvgIpc) is 3.01. The van der Waals surface area contributed by atoms with Gasteiger partial charge in [-0.05, 0) is 42.9 Å². The highest BCUT2D eigenvalue weighted by molar-refractivity contribution is 5.44. The van der Waals surface area contributed by atoms with Crippen LogP contribution in [0.15, 0.2) is 12.1 Å². The normalized spacial score (nSPS) is 29.8. The van der Waals surface area contributed by atoms with Gasteiger partial charge in [-0.25, -0.2) is 4.98 Å². The third kappa shape index (κ3) is 2.35. The van der Waals surface area contributed by atoms with E-state index in [1.54, 1.807) is 0 Å². The van der Waals surface area contributed by atoms with Gasteiger partial charge in [0.15, 0.2) is 0 Å². The van der Waals surface area contributed by atoms with Gasteiger partial charge in [-0.2, -0.15) is 0 Å². The highest BCUT2D eigenvalue weighted by Gasteiger charge is 2.42. The maximum absolute atomic E-state index is 9.98. The van der Waals surface area contributed by atoms with E-state index in [1.165, 1.54) is 0 Å². The monoisotopic (exact) mass is 262 g/mol. The van der Waals surface area contributed by atoms with Gasteiger partial charge < -0.3 is 15.1 Å². The minimum Gasteiger partial charge on any atom is -0.393 e. The lowest BCUT2D eigenvalue weighted by Crippen LogP contribution is -2.25. The van der Waals surface area contributed by atoms with Crippen LogP contribution in [0.2, 0.25) is 0 Å². The zero-order valence-corrected chi connectivity index (χ0v) is 11.4. The van der Waals surface area contributed by atoms with Crippen molar-refractivity contribution in [2.75, 3.05) is 18.0 Å². The molecule has 1 aromatic rings. The highest BCUT2D eigenvalue weighted by atomic mass is 16.3. The van der Waals surface area contributed by atoms with Crippen molar-refractivity contribution in [3.8, 4) is 0 Å². The van der Waals surface area contributed by atoms with Gasteiger partial charge in [-0.1, -0.05) is 6.92 Å². The number of rotatable bonds is 3. The Morgan fingerprint density at radius 1 is 1.32 bits per heavy atom. The van der Waals surface area contributed by atoms with Crippen molar-refractivity contribution in [2.24, 2.45) is 11.8 Å². The first-order chi connectivity index (χ1) is 9.21. The van der Waals surface area contributed by atoms with E-state index in [2.05, 4.69) is 16.8 Å². The Balaban J connectivity index is 1.83. The van der Waals surface area contributed by atoms with Crippen molar-refractivity contribution in [2.45, 2.75) is 38.9 Å². The van der Waals surface area contributed by atoms with E-state index in [-0.39, 0.29) is 12.7 Å². The summed E-state index contributed by atoms with van der Waals surface area (Å²) in [5.74, 6) is 1.98. The lowest BCUT2D eigenvalue weighted by Gasteiger charge is -2.20. The Labute approximate surface area is 114 Å². The summed E-state index contributed by atoms with van der Waals surface area (Å²) in [7, 11) is 0. The summed E-state index contributed by atoms with van der Waals surface area (Å²) in [6, 6.07) is 3.95. The molecular formula is C15H22N2O2. The number of anilines is 1. The molecule has 0 aromatic carbocycles. The van der Waals surface area contributed by atoms with Gasteiger partial charge in [-0.15, -0.1) is 0 Å². The molecular weight excluding hydrogens is 240 g/mol. The van der Waals surface area contributed by atoms with E-state index >= 15 is 0 Å². The summed E-state index contributed by atoms with van der Waals surface area (Å²) in [4.78, 5) is 6.94. The quantitative estimate of drug-likeness (QED) is 0.863. The summed E-state index contributed by atoms with van der Waals surface area (Å²) in [5, 5.41) is 19.3. The molecule has 3 atom stereocenters. The molecule has 0 spiro atoms. The number of aliphatic hydroxyl groups excluding tert-OH is 2. The molecule has 0 radical (unpaired) electrons. The molecule has 2 heterocycles. The van der Waals surface area contributed by atoms with E-state index in [0.29, 0.717) is 11.8 Å². The summed E-state index contributed by atoms with van der Waals surface area (Å²) in [5.41, 5.74) is 1.96. The minimum absolute atomic E-state index is 0.0614. The Bertz CT molecular complexity index is 441.